The third-order valence-corrected chi connectivity index (χ3v) is 5.83. The van der Waals surface area contributed by atoms with Gasteiger partial charge in [0.1, 0.15) is 24.7 Å². The number of rotatable bonds is 4. The van der Waals surface area contributed by atoms with E-state index in [1.54, 1.807) is 0 Å². The summed E-state index contributed by atoms with van der Waals surface area (Å²) < 4.78 is 17.4. The second kappa shape index (κ2) is 7.99. The van der Waals surface area contributed by atoms with Crippen molar-refractivity contribution in [3.05, 3.63) is 83.4 Å². The Hall–Kier alpha value is -3.47. The molecule has 0 spiro atoms. The summed E-state index contributed by atoms with van der Waals surface area (Å²) >= 11 is 0. The molecule has 158 valence electrons. The summed E-state index contributed by atoms with van der Waals surface area (Å²) in [7, 11) is 0. The molecule has 0 aromatic heterocycles. The molecule has 5 rings (SSSR count). The van der Waals surface area contributed by atoms with E-state index in [0.29, 0.717) is 13.2 Å². The third-order valence-electron chi connectivity index (χ3n) is 5.83. The number of amides is 1. The maximum atomic E-state index is 13.7. The van der Waals surface area contributed by atoms with E-state index in [-0.39, 0.29) is 17.9 Å². The number of para-hydroxylation sites is 2. The van der Waals surface area contributed by atoms with Gasteiger partial charge in [-0.25, -0.2) is 0 Å². The number of hydrogen-bond acceptors (Lipinski definition) is 4. The summed E-state index contributed by atoms with van der Waals surface area (Å²) in [6.45, 7) is 5.30. The Morgan fingerprint density at radius 1 is 0.839 bits per heavy atom. The quantitative estimate of drug-likeness (QED) is 0.636. The van der Waals surface area contributed by atoms with E-state index in [2.05, 4.69) is 19.2 Å². The molecule has 0 saturated carbocycles. The maximum Gasteiger partial charge on any atom is 0.232 e. The lowest BCUT2D eigenvalue weighted by molar-refractivity contribution is -0.122. The van der Waals surface area contributed by atoms with E-state index >= 15 is 0 Å². The summed E-state index contributed by atoms with van der Waals surface area (Å²) in [5, 5.41) is 3.30. The molecular weight excluding hydrogens is 390 g/mol. The highest BCUT2D eigenvalue weighted by atomic mass is 16.6. The average Bonchev–Trinajstić information content (AvgIpc) is 2.80. The van der Waals surface area contributed by atoms with Crippen LogP contribution in [0.5, 0.6) is 23.0 Å². The Balaban J connectivity index is 1.49. The van der Waals surface area contributed by atoms with Crippen molar-refractivity contribution in [3.8, 4) is 23.0 Å². The van der Waals surface area contributed by atoms with Gasteiger partial charge >= 0.3 is 0 Å². The number of carbonyl (C=O) groups excluding carboxylic acids is 1. The monoisotopic (exact) mass is 415 g/mol. The first-order valence-electron chi connectivity index (χ1n) is 10.7. The molecule has 2 aliphatic heterocycles. The largest absolute Gasteiger partial charge is 0.486 e. The van der Waals surface area contributed by atoms with Gasteiger partial charge in [0.05, 0.1) is 12.0 Å². The second-order valence-corrected chi connectivity index (χ2v) is 8.24. The summed E-state index contributed by atoms with van der Waals surface area (Å²) in [5.74, 6) is 2.64. The molecule has 1 N–H and O–H groups in total. The van der Waals surface area contributed by atoms with Gasteiger partial charge in [-0.3, -0.25) is 4.79 Å². The lowest BCUT2D eigenvalue weighted by Crippen LogP contribution is -2.36. The number of benzene rings is 3. The van der Waals surface area contributed by atoms with Gasteiger partial charge < -0.3 is 19.5 Å². The molecule has 5 heteroatoms. The Bertz CT molecular complexity index is 1080. The van der Waals surface area contributed by atoms with E-state index in [1.165, 1.54) is 0 Å². The molecule has 3 aromatic rings. The minimum Gasteiger partial charge on any atom is -0.486 e. The van der Waals surface area contributed by atoms with Crippen molar-refractivity contribution in [2.75, 3.05) is 13.2 Å². The fourth-order valence-electron chi connectivity index (χ4n) is 4.32. The van der Waals surface area contributed by atoms with Gasteiger partial charge in [-0.05, 0) is 35.7 Å². The van der Waals surface area contributed by atoms with Crippen LogP contribution in [0, 0.1) is 5.92 Å². The van der Waals surface area contributed by atoms with Crippen LogP contribution in [0.4, 0.5) is 0 Å². The number of carbonyl (C=O) groups is 1. The molecule has 0 unspecified atom stereocenters. The molecule has 0 aliphatic carbocycles. The van der Waals surface area contributed by atoms with Gasteiger partial charge in [-0.15, -0.1) is 0 Å². The minimum absolute atomic E-state index is 0.0446. The van der Waals surface area contributed by atoms with Crippen LogP contribution in [0.3, 0.4) is 0 Å². The summed E-state index contributed by atoms with van der Waals surface area (Å²) in [4.78, 5) is 13.7. The van der Waals surface area contributed by atoms with Gasteiger partial charge in [0.2, 0.25) is 5.91 Å². The number of nitrogens with one attached hydrogen (secondary N) is 1. The molecule has 1 atom stereocenters. The Morgan fingerprint density at radius 2 is 1.45 bits per heavy atom. The normalized spacial score (nSPS) is 15.5. The lowest BCUT2D eigenvalue weighted by Gasteiger charge is -2.31. The van der Waals surface area contributed by atoms with Crippen LogP contribution in [0.15, 0.2) is 66.7 Å². The average molecular weight is 415 g/mol. The van der Waals surface area contributed by atoms with Crippen molar-refractivity contribution in [1.29, 1.82) is 0 Å². The number of ether oxygens (including phenoxy) is 3. The standard InChI is InChI=1S/C26H25NO4/c1-16(2)25(17-11-12-22-23(15-17)30-14-13-29-22)27-26(28)24-18-7-3-5-9-20(18)31-21-10-6-4-8-19(21)24/h3-12,15-16,24-25H,13-14H2,1-2H3,(H,27,28)/t25-/m0/s1. The zero-order valence-corrected chi connectivity index (χ0v) is 17.6. The van der Waals surface area contributed by atoms with E-state index in [4.69, 9.17) is 14.2 Å². The van der Waals surface area contributed by atoms with Gasteiger partial charge in [0.25, 0.3) is 0 Å². The highest BCUT2D eigenvalue weighted by Gasteiger charge is 2.34. The van der Waals surface area contributed by atoms with E-state index in [1.807, 2.05) is 66.7 Å². The predicted molar refractivity (Wildman–Crippen MR) is 118 cm³/mol. The van der Waals surface area contributed by atoms with Crippen LogP contribution >= 0.6 is 0 Å². The number of hydrogen-bond donors (Lipinski definition) is 1. The highest BCUT2D eigenvalue weighted by molar-refractivity contribution is 5.90. The molecule has 31 heavy (non-hydrogen) atoms. The van der Waals surface area contributed by atoms with Crippen molar-refractivity contribution >= 4 is 5.91 Å². The van der Waals surface area contributed by atoms with E-state index in [9.17, 15) is 4.79 Å². The highest BCUT2D eigenvalue weighted by Crippen LogP contribution is 2.44. The topological polar surface area (TPSA) is 56.8 Å². The van der Waals surface area contributed by atoms with Crippen LogP contribution in [0.1, 0.15) is 42.5 Å². The van der Waals surface area contributed by atoms with Crippen LogP contribution in [-0.2, 0) is 4.79 Å². The fourth-order valence-corrected chi connectivity index (χ4v) is 4.32. The zero-order valence-electron chi connectivity index (χ0n) is 17.6. The van der Waals surface area contributed by atoms with Crippen LogP contribution in [0.25, 0.3) is 0 Å². The predicted octanol–water partition coefficient (Wildman–Crippen LogP) is 5.21. The van der Waals surface area contributed by atoms with Crippen molar-refractivity contribution in [1.82, 2.24) is 5.32 Å². The summed E-state index contributed by atoms with van der Waals surface area (Å²) in [6, 6.07) is 21.2. The summed E-state index contributed by atoms with van der Waals surface area (Å²) in [6.07, 6.45) is 0. The molecule has 1 amide bonds. The Labute approximate surface area is 182 Å². The van der Waals surface area contributed by atoms with Gasteiger partial charge in [0.15, 0.2) is 11.5 Å². The van der Waals surface area contributed by atoms with Gasteiger partial charge in [0, 0.05) is 11.1 Å². The molecule has 0 saturated heterocycles. The fraction of sp³-hybridized carbons (Fsp3) is 0.269. The second-order valence-electron chi connectivity index (χ2n) is 8.24. The first kappa shape index (κ1) is 19.5. The first-order chi connectivity index (χ1) is 15.1. The molecule has 2 aliphatic rings. The smallest absolute Gasteiger partial charge is 0.232 e. The molecule has 3 aromatic carbocycles. The van der Waals surface area contributed by atoms with Crippen molar-refractivity contribution in [2.24, 2.45) is 5.92 Å². The van der Waals surface area contributed by atoms with Gasteiger partial charge in [-0.1, -0.05) is 56.3 Å². The third kappa shape index (κ3) is 3.61. The van der Waals surface area contributed by atoms with Gasteiger partial charge in [-0.2, -0.15) is 0 Å². The van der Waals surface area contributed by atoms with Crippen molar-refractivity contribution in [3.63, 3.8) is 0 Å². The minimum atomic E-state index is -0.431. The van der Waals surface area contributed by atoms with Crippen molar-refractivity contribution in [2.45, 2.75) is 25.8 Å². The first-order valence-corrected chi connectivity index (χ1v) is 10.7. The lowest BCUT2D eigenvalue weighted by atomic mass is 9.86. The molecule has 5 nitrogen and oxygen atoms in total. The molecule has 0 fully saturated rings. The van der Waals surface area contributed by atoms with E-state index < -0.39 is 5.92 Å². The molecule has 0 radical (unpaired) electrons. The Kier molecular flexibility index (Phi) is 5.02. The Morgan fingerprint density at radius 3 is 2.10 bits per heavy atom. The summed E-state index contributed by atoms with van der Waals surface area (Å²) in [5.41, 5.74) is 2.76. The number of fused-ring (bicyclic) bond motifs is 3. The molecular formula is C26H25NO4. The SMILES string of the molecule is CC(C)[C@H](NC(=O)C1c2ccccc2Oc2ccccc21)c1ccc2c(c1)OCCO2. The molecule has 2 heterocycles. The van der Waals surface area contributed by atoms with Crippen LogP contribution < -0.4 is 19.5 Å². The zero-order chi connectivity index (χ0) is 21.4. The molecule has 0 bridgehead atoms. The van der Waals surface area contributed by atoms with Crippen LogP contribution in [0.2, 0.25) is 0 Å². The maximum absolute atomic E-state index is 13.7. The van der Waals surface area contributed by atoms with Crippen LogP contribution in [-0.4, -0.2) is 19.1 Å². The van der Waals surface area contributed by atoms with E-state index in [0.717, 1.165) is 39.7 Å². The van der Waals surface area contributed by atoms with Crippen molar-refractivity contribution < 1.29 is 19.0 Å².